The predicted molar refractivity (Wildman–Crippen MR) is 62.0 cm³/mol. The lowest BCUT2D eigenvalue weighted by Gasteiger charge is -2.20. The number of ether oxygens (including phenoxy) is 1. The maximum atomic E-state index is 12.7. The number of aliphatic carboxylic acids is 1. The molecule has 5 nitrogen and oxygen atoms in total. The molecule has 0 amide bonds. The van der Waals surface area contributed by atoms with Crippen LogP contribution in [0.25, 0.3) is 0 Å². The summed E-state index contributed by atoms with van der Waals surface area (Å²) in [7, 11) is 0. The van der Waals surface area contributed by atoms with Crippen molar-refractivity contribution < 1.29 is 23.8 Å². The van der Waals surface area contributed by atoms with Gasteiger partial charge in [0.25, 0.3) is 0 Å². The molecule has 1 atom stereocenters. The highest BCUT2D eigenvalue weighted by atomic mass is 19.1. The van der Waals surface area contributed by atoms with Gasteiger partial charge < -0.3 is 15.6 Å². The number of carboxylic acids is 1. The molecule has 0 aliphatic carbocycles. The molecule has 0 saturated heterocycles. The molecule has 0 spiro atoms. The second-order valence-corrected chi connectivity index (χ2v) is 4.01. The fraction of sp³-hybridized carbons (Fsp3) is 0.333. The second kappa shape index (κ2) is 5.59. The number of esters is 1. The van der Waals surface area contributed by atoms with Crippen molar-refractivity contribution in [3.8, 4) is 5.75 Å². The van der Waals surface area contributed by atoms with Crippen LogP contribution >= 0.6 is 0 Å². The van der Waals surface area contributed by atoms with Crippen LogP contribution in [0.15, 0.2) is 24.3 Å². The van der Waals surface area contributed by atoms with E-state index in [4.69, 9.17) is 15.6 Å². The van der Waals surface area contributed by atoms with E-state index in [-0.39, 0.29) is 6.42 Å². The summed E-state index contributed by atoms with van der Waals surface area (Å²) in [6.07, 6.45) is -0.140. The number of hydrogen-bond acceptors (Lipinski definition) is 4. The molecule has 0 saturated carbocycles. The molecule has 98 valence electrons. The van der Waals surface area contributed by atoms with Gasteiger partial charge in [0, 0.05) is 13.3 Å². The van der Waals surface area contributed by atoms with Crippen molar-refractivity contribution in [1.82, 2.24) is 0 Å². The third kappa shape index (κ3) is 3.53. The molecule has 0 radical (unpaired) electrons. The molecule has 0 aromatic heterocycles. The Hall–Kier alpha value is -1.95. The molecular weight excluding hydrogens is 241 g/mol. The van der Waals surface area contributed by atoms with E-state index >= 15 is 0 Å². The first kappa shape index (κ1) is 14.1. The smallest absolute Gasteiger partial charge is 0.326 e. The van der Waals surface area contributed by atoms with Gasteiger partial charge in [-0.3, -0.25) is 9.59 Å². The minimum absolute atomic E-state index is 0.140. The number of carbonyl (C=O) groups is 2. The van der Waals surface area contributed by atoms with Gasteiger partial charge >= 0.3 is 11.9 Å². The molecule has 0 aliphatic rings. The van der Waals surface area contributed by atoms with E-state index in [0.717, 1.165) is 0 Å². The number of carboxylic acid groups (broad SMARTS) is 1. The van der Waals surface area contributed by atoms with Crippen LogP contribution in [0, 0.1) is 0 Å². The van der Waals surface area contributed by atoms with E-state index in [1.807, 2.05) is 0 Å². The van der Waals surface area contributed by atoms with Crippen molar-refractivity contribution in [3.05, 3.63) is 29.8 Å². The SMILES string of the molecule is CC(=O)Oc1ccc(CC(N)(CF)C(=O)O)cc1. The first-order valence-corrected chi connectivity index (χ1v) is 5.23. The predicted octanol–water partition coefficient (Wildman–Crippen LogP) is 0.906. The topological polar surface area (TPSA) is 89.6 Å². The van der Waals surface area contributed by atoms with Gasteiger partial charge in [-0.2, -0.15) is 0 Å². The van der Waals surface area contributed by atoms with Gasteiger partial charge in [0.05, 0.1) is 0 Å². The molecule has 18 heavy (non-hydrogen) atoms. The van der Waals surface area contributed by atoms with E-state index in [2.05, 4.69) is 0 Å². The summed E-state index contributed by atoms with van der Waals surface area (Å²) >= 11 is 0. The second-order valence-electron chi connectivity index (χ2n) is 4.01. The van der Waals surface area contributed by atoms with Crippen molar-refractivity contribution in [2.24, 2.45) is 5.73 Å². The maximum Gasteiger partial charge on any atom is 0.326 e. The Bertz CT molecular complexity index is 446. The molecule has 0 fully saturated rings. The van der Waals surface area contributed by atoms with Crippen molar-refractivity contribution in [2.45, 2.75) is 18.9 Å². The van der Waals surface area contributed by atoms with Crippen LogP contribution in [-0.2, 0) is 16.0 Å². The highest BCUT2D eigenvalue weighted by Gasteiger charge is 2.34. The quantitative estimate of drug-likeness (QED) is 0.603. The molecule has 1 aromatic carbocycles. The summed E-state index contributed by atoms with van der Waals surface area (Å²) in [5, 5.41) is 8.83. The van der Waals surface area contributed by atoms with Crippen LogP contribution in [0.3, 0.4) is 0 Å². The van der Waals surface area contributed by atoms with Gasteiger partial charge in [-0.15, -0.1) is 0 Å². The lowest BCUT2D eigenvalue weighted by Crippen LogP contribution is -2.52. The molecule has 1 rings (SSSR count). The fourth-order valence-corrected chi connectivity index (χ4v) is 1.39. The molecular formula is C12H14FNO4. The number of nitrogens with two attached hydrogens (primary N) is 1. The Balaban J connectivity index is 2.80. The van der Waals surface area contributed by atoms with Crippen molar-refractivity contribution >= 4 is 11.9 Å². The normalized spacial score (nSPS) is 13.7. The van der Waals surface area contributed by atoms with E-state index in [1.54, 1.807) is 12.1 Å². The van der Waals surface area contributed by atoms with Crippen LogP contribution in [0.4, 0.5) is 4.39 Å². The van der Waals surface area contributed by atoms with Crippen LogP contribution in [-0.4, -0.2) is 29.3 Å². The van der Waals surface area contributed by atoms with Crippen LogP contribution in [0.5, 0.6) is 5.75 Å². The molecule has 0 aliphatic heterocycles. The van der Waals surface area contributed by atoms with Gasteiger partial charge in [-0.1, -0.05) is 12.1 Å². The minimum atomic E-state index is -1.93. The Morgan fingerprint density at radius 2 is 1.94 bits per heavy atom. The highest BCUT2D eigenvalue weighted by molar-refractivity contribution is 5.79. The monoisotopic (exact) mass is 255 g/mol. The Labute approximate surface area is 103 Å². The largest absolute Gasteiger partial charge is 0.480 e. The minimum Gasteiger partial charge on any atom is -0.480 e. The van der Waals surface area contributed by atoms with Gasteiger partial charge in [-0.25, -0.2) is 4.39 Å². The van der Waals surface area contributed by atoms with Crippen LogP contribution in [0.1, 0.15) is 12.5 Å². The lowest BCUT2D eigenvalue weighted by atomic mass is 9.93. The summed E-state index contributed by atoms with van der Waals surface area (Å²) in [5.41, 5.74) is 4.05. The molecule has 6 heteroatoms. The number of hydrogen-bond donors (Lipinski definition) is 2. The highest BCUT2D eigenvalue weighted by Crippen LogP contribution is 2.17. The fourth-order valence-electron chi connectivity index (χ4n) is 1.39. The summed E-state index contributed by atoms with van der Waals surface area (Å²) in [5.74, 6) is -1.51. The van der Waals surface area contributed by atoms with Crippen molar-refractivity contribution in [3.63, 3.8) is 0 Å². The Morgan fingerprint density at radius 1 is 1.39 bits per heavy atom. The van der Waals surface area contributed by atoms with Gasteiger partial charge in [0.15, 0.2) is 0 Å². The zero-order valence-electron chi connectivity index (χ0n) is 9.85. The third-order valence-corrected chi connectivity index (χ3v) is 2.37. The molecule has 1 unspecified atom stereocenters. The van der Waals surface area contributed by atoms with E-state index in [1.165, 1.54) is 19.1 Å². The first-order valence-electron chi connectivity index (χ1n) is 5.23. The molecule has 1 aromatic rings. The van der Waals surface area contributed by atoms with Crippen molar-refractivity contribution in [2.75, 3.05) is 6.67 Å². The van der Waals surface area contributed by atoms with E-state index < -0.39 is 24.2 Å². The number of rotatable bonds is 5. The first-order chi connectivity index (χ1) is 8.37. The Morgan fingerprint density at radius 3 is 2.33 bits per heavy atom. The lowest BCUT2D eigenvalue weighted by molar-refractivity contribution is -0.144. The standard InChI is InChI=1S/C12H14FNO4/c1-8(15)18-10-4-2-9(3-5-10)6-12(14,7-13)11(16)17/h2-5H,6-7,14H2,1H3,(H,16,17). The average molecular weight is 255 g/mol. The zero-order valence-corrected chi connectivity index (χ0v) is 9.85. The average Bonchev–Trinajstić information content (AvgIpc) is 2.30. The maximum absolute atomic E-state index is 12.7. The van der Waals surface area contributed by atoms with Gasteiger partial charge in [-0.05, 0) is 17.7 Å². The summed E-state index contributed by atoms with van der Waals surface area (Å²) < 4.78 is 17.5. The van der Waals surface area contributed by atoms with Crippen molar-refractivity contribution in [1.29, 1.82) is 0 Å². The Kier molecular flexibility index (Phi) is 4.38. The number of benzene rings is 1. The number of alkyl halides is 1. The van der Waals surface area contributed by atoms with Crippen LogP contribution < -0.4 is 10.5 Å². The van der Waals surface area contributed by atoms with E-state index in [0.29, 0.717) is 11.3 Å². The summed E-state index contributed by atoms with van der Waals surface area (Å²) in [6, 6.07) is 6.07. The van der Waals surface area contributed by atoms with E-state index in [9.17, 15) is 14.0 Å². The molecule has 0 heterocycles. The number of halogens is 1. The summed E-state index contributed by atoms with van der Waals surface area (Å²) in [4.78, 5) is 21.5. The summed E-state index contributed by atoms with van der Waals surface area (Å²) in [6.45, 7) is 0.111. The van der Waals surface area contributed by atoms with Crippen LogP contribution in [0.2, 0.25) is 0 Å². The third-order valence-electron chi connectivity index (χ3n) is 2.37. The van der Waals surface area contributed by atoms with Gasteiger partial charge in [0.1, 0.15) is 18.0 Å². The number of carbonyl (C=O) groups excluding carboxylic acids is 1. The molecule has 3 N–H and O–H groups in total. The van der Waals surface area contributed by atoms with Gasteiger partial charge in [0.2, 0.25) is 0 Å². The zero-order chi connectivity index (χ0) is 13.8. The molecule has 0 bridgehead atoms.